The quantitative estimate of drug-likeness (QED) is 0.566. The standard InChI is InChI=1S/C18H15O3P/c1-4-10-16(11-5-1)19-22(20-17-12-6-2-7-13-17)21-18-14-8-3-9-15-18/h1-15H/i16+1,17+1,18+1. The van der Waals surface area contributed by atoms with E-state index in [2.05, 4.69) is 0 Å². The summed E-state index contributed by atoms with van der Waals surface area (Å²) >= 11 is 0. The topological polar surface area (TPSA) is 27.7 Å². The van der Waals surface area contributed by atoms with Crippen LogP contribution in [0.1, 0.15) is 0 Å². The van der Waals surface area contributed by atoms with Crippen molar-refractivity contribution in [3.05, 3.63) is 91.0 Å². The van der Waals surface area contributed by atoms with E-state index in [4.69, 9.17) is 13.6 Å². The van der Waals surface area contributed by atoms with E-state index >= 15 is 0 Å². The number of rotatable bonds is 6. The molecule has 3 aromatic rings. The molecule has 0 heterocycles. The largest absolute Gasteiger partial charge is 0.530 e. The predicted octanol–water partition coefficient (Wildman–Crippen LogP) is 5.45. The highest BCUT2D eigenvalue weighted by Gasteiger charge is 2.19. The zero-order valence-electron chi connectivity index (χ0n) is 11.8. The van der Waals surface area contributed by atoms with Crippen LogP contribution in [0.15, 0.2) is 91.0 Å². The van der Waals surface area contributed by atoms with E-state index in [9.17, 15) is 0 Å². The van der Waals surface area contributed by atoms with E-state index in [1.807, 2.05) is 91.0 Å². The minimum Gasteiger partial charge on any atom is -0.409 e. The molecule has 0 aromatic heterocycles. The molecule has 0 aliphatic carbocycles. The van der Waals surface area contributed by atoms with Crippen LogP contribution in [0.4, 0.5) is 0 Å². The number of hydrogen-bond donors (Lipinski definition) is 0. The molecule has 3 aromatic carbocycles. The summed E-state index contributed by atoms with van der Waals surface area (Å²) < 4.78 is 17.5. The summed E-state index contributed by atoms with van der Waals surface area (Å²) in [7, 11) is -1.59. The first-order valence-corrected chi connectivity index (χ1v) is 7.99. The van der Waals surface area contributed by atoms with Gasteiger partial charge >= 0.3 is 8.60 Å². The molecule has 4 heteroatoms. The van der Waals surface area contributed by atoms with Gasteiger partial charge in [-0.25, -0.2) is 0 Å². The third-order valence-electron chi connectivity index (χ3n) is 2.77. The van der Waals surface area contributed by atoms with Crippen molar-refractivity contribution in [3.63, 3.8) is 0 Å². The molecule has 3 rings (SSSR count). The maximum atomic E-state index is 5.84. The number of hydrogen-bond acceptors (Lipinski definition) is 3. The van der Waals surface area contributed by atoms with Crippen molar-refractivity contribution in [2.24, 2.45) is 0 Å². The predicted molar refractivity (Wildman–Crippen MR) is 88.1 cm³/mol. The fraction of sp³-hybridized carbons (Fsp3) is 0. The molecule has 22 heavy (non-hydrogen) atoms. The maximum absolute atomic E-state index is 5.84. The van der Waals surface area contributed by atoms with Crippen molar-refractivity contribution in [1.29, 1.82) is 0 Å². The Labute approximate surface area is 131 Å². The Morgan fingerprint density at radius 2 is 0.682 bits per heavy atom. The summed E-state index contributed by atoms with van der Waals surface area (Å²) in [5.41, 5.74) is 0. The Hall–Kier alpha value is -2.51. The number of benzene rings is 3. The fourth-order valence-corrected chi connectivity index (χ4v) is 2.75. The molecular weight excluding hydrogens is 298 g/mol. The molecule has 3 nitrogen and oxygen atoms in total. The normalized spacial score (nSPS) is 10.2. The molecule has 0 unspecified atom stereocenters. The highest BCUT2D eigenvalue weighted by Crippen LogP contribution is 2.41. The van der Waals surface area contributed by atoms with Crippen molar-refractivity contribution in [2.45, 2.75) is 0 Å². The van der Waals surface area contributed by atoms with Gasteiger partial charge in [-0.05, 0) is 36.4 Å². The van der Waals surface area contributed by atoms with E-state index in [-0.39, 0.29) is 0 Å². The van der Waals surface area contributed by atoms with Crippen molar-refractivity contribution >= 4 is 8.60 Å². The smallest absolute Gasteiger partial charge is 0.409 e. The van der Waals surface area contributed by atoms with Crippen LogP contribution in [0.3, 0.4) is 0 Å². The van der Waals surface area contributed by atoms with Crippen LogP contribution in [0.5, 0.6) is 17.2 Å². The van der Waals surface area contributed by atoms with Crippen molar-refractivity contribution in [1.82, 2.24) is 0 Å². The van der Waals surface area contributed by atoms with Crippen LogP contribution in [-0.2, 0) is 0 Å². The van der Waals surface area contributed by atoms with Crippen molar-refractivity contribution < 1.29 is 13.6 Å². The molecule has 0 bridgehead atoms. The first kappa shape index (κ1) is 14.4. The van der Waals surface area contributed by atoms with Crippen LogP contribution in [0.2, 0.25) is 0 Å². The second-order valence-electron chi connectivity index (χ2n) is 4.44. The SMILES string of the molecule is c1cc[13c](OP(O[13c]2ccccc2)O[13c]2ccccc2)cc1. The van der Waals surface area contributed by atoms with Crippen LogP contribution < -0.4 is 13.6 Å². The summed E-state index contributed by atoms with van der Waals surface area (Å²) in [5.74, 6) is 2.13. The second-order valence-corrected chi connectivity index (χ2v) is 5.43. The lowest BCUT2D eigenvalue weighted by molar-refractivity contribution is 0.388. The van der Waals surface area contributed by atoms with Crippen molar-refractivity contribution in [3.8, 4) is 17.2 Å². The monoisotopic (exact) mass is 313 g/mol. The Balaban J connectivity index is 1.75. The Kier molecular flexibility index (Phi) is 4.91. The molecule has 0 spiro atoms. The van der Waals surface area contributed by atoms with Gasteiger partial charge in [0, 0.05) is 0 Å². The average Bonchev–Trinajstić information content (AvgIpc) is 2.57. The molecule has 0 amide bonds. The summed E-state index contributed by atoms with van der Waals surface area (Å²) in [5, 5.41) is 0. The minimum atomic E-state index is -1.59. The molecular formula is C18H15O3P. The van der Waals surface area contributed by atoms with Crippen LogP contribution in [0, 0.1) is 0 Å². The van der Waals surface area contributed by atoms with Gasteiger partial charge in [-0.2, -0.15) is 0 Å². The van der Waals surface area contributed by atoms with Crippen LogP contribution in [-0.4, -0.2) is 0 Å². The molecule has 110 valence electrons. The minimum absolute atomic E-state index is 0.709. The van der Waals surface area contributed by atoms with Gasteiger partial charge in [0.15, 0.2) is 0 Å². The summed E-state index contributed by atoms with van der Waals surface area (Å²) in [6.45, 7) is 0. The van der Waals surface area contributed by atoms with E-state index in [1.54, 1.807) is 0 Å². The fourth-order valence-electron chi connectivity index (χ4n) is 1.76. The van der Waals surface area contributed by atoms with E-state index in [1.165, 1.54) is 0 Å². The highest BCUT2D eigenvalue weighted by atomic mass is 31.2. The highest BCUT2D eigenvalue weighted by molar-refractivity contribution is 7.43. The maximum Gasteiger partial charge on any atom is 0.530 e. The molecule has 0 N–H and O–H groups in total. The van der Waals surface area contributed by atoms with Gasteiger partial charge in [0.25, 0.3) is 0 Å². The van der Waals surface area contributed by atoms with Gasteiger partial charge in [-0.15, -0.1) is 0 Å². The van der Waals surface area contributed by atoms with Crippen LogP contribution >= 0.6 is 8.60 Å². The first-order valence-electron chi connectivity index (χ1n) is 6.89. The number of para-hydroxylation sites is 3. The Bertz CT molecular complexity index is 576. The third kappa shape index (κ3) is 4.24. The van der Waals surface area contributed by atoms with Gasteiger partial charge in [0.2, 0.25) is 0 Å². The zero-order chi connectivity index (χ0) is 15.0. The Morgan fingerprint density at radius 3 is 0.955 bits per heavy atom. The molecule has 0 aliphatic rings. The molecule has 0 saturated carbocycles. The van der Waals surface area contributed by atoms with Crippen LogP contribution in [0.25, 0.3) is 0 Å². The summed E-state index contributed by atoms with van der Waals surface area (Å²) in [4.78, 5) is 0. The van der Waals surface area contributed by atoms with Gasteiger partial charge in [0.05, 0.1) is 0 Å². The van der Waals surface area contributed by atoms with Gasteiger partial charge in [-0.1, -0.05) is 54.6 Å². The summed E-state index contributed by atoms with van der Waals surface area (Å²) in [6, 6.07) is 28.5. The van der Waals surface area contributed by atoms with Gasteiger partial charge in [0.1, 0.15) is 17.2 Å². The lowest BCUT2D eigenvalue weighted by Gasteiger charge is -2.17. The molecule has 0 aliphatic heterocycles. The van der Waals surface area contributed by atoms with Gasteiger partial charge in [-0.3, -0.25) is 0 Å². The molecule has 0 saturated heterocycles. The van der Waals surface area contributed by atoms with E-state index in [0.717, 1.165) is 0 Å². The van der Waals surface area contributed by atoms with E-state index < -0.39 is 8.60 Å². The van der Waals surface area contributed by atoms with E-state index in [0.29, 0.717) is 17.2 Å². The molecule has 0 radical (unpaired) electrons. The summed E-state index contributed by atoms with van der Waals surface area (Å²) in [6.07, 6.45) is 0. The molecule has 0 fully saturated rings. The van der Waals surface area contributed by atoms with Gasteiger partial charge < -0.3 is 13.6 Å². The van der Waals surface area contributed by atoms with Crippen molar-refractivity contribution in [2.75, 3.05) is 0 Å². The first-order chi connectivity index (χ1) is 10.9. The molecule has 0 atom stereocenters. The third-order valence-corrected chi connectivity index (χ3v) is 3.85. The lowest BCUT2D eigenvalue weighted by atomic mass is 10.5. The zero-order valence-corrected chi connectivity index (χ0v) is 12.7. The second kappa shape index (κ2) is 7.48. The lowest BCUT2D eigenvalue weighted by Crippen LogP contribution is -2.02. The Morgan fingerprint density at radius 1 is 0.409 bits per heavy atom. The average molecular weight is 313 g/mol.